The lowest BCUT2D eigenvalue weighted by Crippen LogP contribution is -2.85. The molecule has 4 saturated carbocycles. The van der Waals surface area contributed by atoms with E-state index in [9.17, 15) is 24.6 Å². The van der Waals surface area contributed by atoms with Gasteiger partial charge in [0.25, 0.3) is 0 Å². The highest BCUT2D eigenvalue weighted by Gasteiger charge is 2.86. The lowest BCUT2D eigenvalue weighted by Gasteiger charge is -2.74. The first kappa shape index (κ1) is 22.0. The van der Waals surface area contributed by atoms with E-state index in [2.05, 4.69) is 6.58 Å². The molecule has 8 heteroatoms. The predicted octanol–water partition coefficient (Wildman–Crippen LogP) is 1.52. The van der Waals surface area contributed by atoms with E-state index in [0.29, 0.717) is 24.8 Å². The SMILES string of the molecule is C=C1C(=O)[C@]23C[C@H]1C[C@@H](OC(C)=O)[C@H]2[C@]12CO[C@]3(O)[C@@H](O)[C@@H]1C(C)(C)CC[C@@H]2OC(C)=O. The van der Waals surface area contributed by atoms with E-state index in [1.807, 2.05) is 13.8 Å². The number of hydrogen-bond donors (Lipinski definition) is 2. The van der Waals surface area contributed by atoms with Crippen LogP contribution in [0.25, 0.3) is 0 Å². The van der Waals surface area contributed by atoms with E-state index in [4.69, 9.17) is 14.2 Å². The Bertz CT molecular complexity index is 925. The van der Waals surface area contributed by atoms with Crippen LogP contribution in [-0.2, 0) is 28.6 Å². The maximum atomic E-state index is 13.8. The Labute approximate surface area is 187 Å². The number of rotatable bonds is 2. The minimum absolute atomic E-state index is 0.00120. The summed E-state index contributed by atoms with van der Waals surface area (Å²) in [5, 5.41) is 23.6. The molecule has 0 aromatic carbocycles. The number of Topliss-reactive ketones (excluding diaryl/α,β-unsaturated/α-hetero) is 1. The van der Waals surface area contributed by atoms with Gasteiger partial charge in [-0.15, -0.1) is 0 Å². The lowest BCUT2D eigenvalue weighted by atomic mass is 9.35. The number of carbonyl (C=O) groups is 3. The van der Waals surface area contributed by atoms with E-state index in [-0.39, 0.29) is 24.7 Å². The van der Waals surface area contributed by atoms with Crippen LogP contribution in [0.1, 0.15) is 53.4 Å². The Balaban J connectivity index is 1.80. The maximum absolute atomic E-state index is 13.8. The Hall–Kier alpha value is -1.77. The van der Waals surface area contributed by atoms with Gasteiger partial charge in [-0.05, 0) is 42.6 Å². The summed E-state index contributed by atoms with van der Waals surface area (Å²) in [5.74, 6) is -4.89. The number of carbonyl (C=O) groups excluding carboxylic acids is 3. The number of fused-ring (bicyclic) bond motifs is 2. The van der Waals surface area contributed by atoms with Crippen molar-refractivity contribution < 1.29 is 38.8 Å². The van der Waals surface area contributed by atoms with Crippen LogP contribution < -0.4 is 0 Å². The van der Waals surface area contributed by atoms with Gasteiger partial charge in [0.1, 0.15) is 18.3 Å². The zero-order valence-corrected chi connectivity index (χ0v) is 19.1. The summed E-state index contributed by atoms with van der Waals surface area (Å²) in [7, 11) is 0. The van der Waals surface area contributed by atoms with E-state index >= 15 is 0 Å². The van der Waals surface area contributed by atoms with Gasteiger partial charge < -0.3 is 24.4 Å². The lowest BCUT2D eigenvalue weighted by molar-refractivity contribution is -0.455. The molecule has 6 aliphatic rings. The molecule has 2 spiro atoms. The standard InChI is InChI=1S/C24H32O8/c1-11-14-8-15(31-12(2)25)17-22-10-30-24(29,23(17,9-14)19(11)27)20(28)18(22)21(4,5)7-6-16(22)32-13(3)26/h14-18,20,28-29H,1,6-10H2,2-5H3/t14-,15-,16+,17+,18-,20+,22-,23+,24-/m1/s1. The molecule has 4 bridgehead atoms. The van der Waals surface area contributed by atoms with Crippen LogP contribution in [0.2, 0.25) is 0 Å². The van der Waals surface area contributed by atoms with Crippen LogP contribution in [0.5, 0.6) is 0 Å². The first-order valence-corrected chi connectivity index (χ1v) is 11.5. The highest BCUT2D eigenvalue weighted by Crippen LogP contribution is 2.77. The molecular weight excluding hydrogens is 416 g/mol. The number of aliphatic hydroxyl groups excluding tert-OH is 1. The summed E-state index contributed by atoms with van der Waals surface area (Å²) in [6.07, 6.45) is -0.844. The van der Waals surface area contributed by atoms with Crippen molar-refractivity contribution in [3.05, 3.63) is 12.2 Å². The van der Waals surface area contributed by atoms with Crippen LogP contribution in [0.3, 0.4) is 0 Å². The Morgan fingerprint density at radius 3 is 2.44 bits per heavy atom. The molecule has 2 N–H and O–H groups in total. The second-order valence-electron chi connectivity index (χ2n) is 11.2. The fraction of sp³-hybridized carbons (Fsp3) is 0.792. The molecule has 0 aromatic rings. The third-order valence-electron chi connectivity index (χ3n) is 9.35. The molecule has 32 heavy (non-hydrogen) atoms. The van der Waals surface area contributed by atoms with Gasteiger partial charge in [0.05, 0.1) is 12.0 Å². The van der Waals surface area contributed by atoms with Gasteiger partial charge in [-0.3, -0.25) is 14.4 Å². The van der Waals surface area contributed by atoms with Crippen LogP contribution in [0.4, 0.5) is 0 Å². The van der Waals surface area contributed by atoms with Crippen molar-refractivity contribution in [1.29, 1.82) is 0 Å². The average molecular weight is 449 g/mol. The van der Waals surface area contributed by atoms with Crippen LogP contribution >= 0.6 is 0 Å². The number of ether oxygens (including phenoxy) is 3. The Morgan fingerprint density at radius 2 is 1.81 bits per heavy atom. The molecule has 176 valence electrons. The molecule has 0 radical (unpaired) electrons. The monoisotopic (exact) mass is 448 g/mol. The molecule has 2 aliphatic heterocycles. The van der Waals surface area contributed by atoms with Gasteiger partial charge in [0.2, 0.25) is 5.79 Å². The zero-order chi connectivity index (χ0) is 23.4. The van der Waals surface area contributed by atoms with Gasteiger partial charge in [0, 0.05) is 31.1 Å². The molecule has 9 atom stereocenters. The Morgan fingerprint density at radius 1 is 1.16 bits per heavy atom. The van der Waals surface area contributed by atoms with E-state index < -0.39 is 64.1 Å². The molecule has 6 fully saturated rings. The first-order chi connectivity index (χ1) is 14.8. The van der Waals surface area contributed by atoms with Gasteiger partial charge in [-0.2, -0.15) is 0 Å². The first-order valence-electron chi connectivity index (χ1n) is 11.5. The summed E-state index contributed by atoms with van der Waals surface area (Å²) in [6.45, 7) is 10.7. The third-order valence-corrected chi connectivity index (χ3v) is 9.35. The third kappa shape index (κ3) is 2.31. The summed E-state index contributed by atoms with van der Waals surface area (Å²) in [6, 6.07) is 0. The molecule has 6 rings (SSSR count). The van der Waals surface area contributed by atoms with Crippen molar-refractivity contribution in [2.45, 2.75) is 77.5 Å². The molecule has 4 aliphatic carbocycles. The van der Waals surface area contributed by atoms with Gasteiger partial charge in [0.15, 0.2) is 5.78 Å². The van der Waals surface area contributed by atoms with Crippen molar-refractivity contribution in [3.63, 3.8) is 0 Å². The van der Waals surface area contributed by atoms with E-state index in [1.165, 1.54) is 13.8 Å². The number of aliphatic hydroxyl groups is 2. The average Bonchev–Trinajstić information content (AvgIpc) is 2.87. The number of hydrogen-bond acceptors (Lipinski definition) is 8. The smallest absolute Gasteiger partial charge is 0.302 e. The van der Waals surface area contributed by atoms with E-state index in [0.717, 1.165) is 0 Å². The largest absolute Gasteiger partial charge is 0.462 e. The minimum atomic E-state index is -2.13. The molecular formula is C24H32O8. The highest BCUT2D eigenvalue weighted by atomic mass is 16.6. The second-order valence-corrected chi connectivity index (χ2v) is 11.2. The quantitative estimate of drug-likeness (QED) is 0.482. The van der Waals surface area contributed by atoms with Gasteiger partial charge in [-0.25, -0.2) is 0 Å². The number of esters is 2. The van der Waals surface area contributed by atoms with Crippen LogP contribution in [-0.4, -0.2) is 58.6 Å². The number of ketones is 1. The fourth-order valence-electron chi connectivity index (χ4n) is 8.52. The predicted molar refractivity (Wildman–Crippen MR) is 110 cm³/mol. The normalized spacial score (nSPS) is 50.4. The fourth-order valence-corrected chi connectivity index (χ4v) is 8.52. The van der Waals surface area contributed by atoms with Crippen molar-refractivity contribution in [1.82, 2.24) is 0 Å². The second kappa shape index (κ2) is 6.42. The molecule has 0 unspecified atom stereocenters. The molecule has 2 saturated heterocycles. The molecule has 2 heterocycles. The van der Waals surface area contributed by atoms with Crippen molar-refractivity contribution >= 4 is 17.7 Å². The van der Waals surface area contributed by atoms with Crippen molar-refractivity contribution in [2.75, 3.05) is 6.61 Å². The van der Waals surface area contributed by atoms with E-state index in [1.54, 1.807) is 0 Å². The van der Waals surface area contributed by atoms with Crippen LogP contribution in [0, 0.1) is 34.0 Å². The van der Waals surface area contributed by atoms with Gasteiger partial charge >= 0.3 is 11.9 Å². The highest BCUT2D eigenvalue weighted by molar-refractivity contribution is 6.04. The van der Waals surface area contributed by atoms with Crippen molar-refractivity contribution in [2.24, 2.45) is 34.0 Å². The summed E-state index contributed by atoms with van der Waals surface area (Å²) < 4.78 is 17.7. The minimum Gasteiger partial charge on any atom is -0.462 e. The van der Waals surface area contributed by atoms with Crippen LogP contribution in [0.15, 0.2) is 12.2 Å². The molecule has 0 aromatic heterocycles. The van der Waals surface area contributed by atoms with Crippen molar-refractivity contribution in [3.8, 4) is 0 Å². The Kier molecular flexibility index (Phi) is 4.42. The summed E-state index contributed by atoms with van der Waals surface area (Å²) in [4.78, 5) is 38.0. The molecule has 8 nitrogen and oxygen atoms in total. The summed E-state index contributed by atoms with van der Waals surface area (Å²) >= 11 is 0. The zero-order valence-electron chi connectivity index (χ0n) is 19.1. The molecule has 0 amide bonds. The topological polar surface area (TPSA) is 119 Å². The summed E-state index contributed by atoms with van der Waals surface area (Å²) in [5.41, 5.74) is -2.57. The van der Waals surface area contributed by atoms with Gasteiger partial charge in [-0.1, -0.05) is 20.4 Å². The number of allylic oxidation sites excluding steroid dienone is 1. The maximum Gasteiger partial charge on any atom is 0.302 e.